The van der Waals surface area contributed by atoms with Gasteiger partial charge in [0.25, 0.3) is 0 Å². The molecule has 1 rings (SSSR count). The molecule has 0 radical (unpaired) electrons. The van der Waals surface area contributed by atoms with Gasteiger partial charge in [-0.3, -0.25) is 4.79 Å². The third-order valence-corrected chi connectivity index (χ3v) is 4.07. The van der Waals surface area contributed by atoms with Gasteiger partial charge in [-0.25, -0.2) is 4.99 Å². The minimum Gasteiger partial charge on any atom is -0.385 e. The number of ether oxygens (including phenoxy) is 2. The van der Waals surface area contributed by atoms with Gasteiger partial charge in [-0.1, -0.05) is 0 Å². The summed E-state index contributed by atoms with van der Waals surface area (Å²) in [5.41, 5.74) is 0. The Morgan fingerprint density at radius 1 is 1.28 bits per heavy atom. The van der Waals surface area contributed by atoms with Gasteiger partial charge in [0, 0.05) is 60.6 Å². The molecule has 0 spiro atoms. The van der Waals surface area contributed by atoms with E-state index in [4.69, 9.17) is 9.47 Å². The highest BCUT2D eigenvalue weighted by Gasteiger charge is 2.15. The normalized spacial score (nSPS) is 17.8. The largest absolute Gasteiger partial charge is 0.385 e. The number of methoxy groups -OCH3 is 1. The van der Waals surface area contributed by atoms with Crippen molar-refractivity contribution in [3.05, 3.63) is 0 Å². The van der Waals surface area contributed by atoms with Gasteiger partial charge in [-0.05, 0) is 26.3 Å². The van der Waals surface area contributed by atoms with Crippen LogP contribution >= 0.6 is 0 Å². The Bertz CT molecular complexity index is 398. The van der Waals surface area contributed by atoms with Crippen molar-refractivity contribution < 1.29 is 14.3 Å². The molecule has 0 saturated carbocycles. The number of guanidine groups is 1. The number of nitrogens with one attached hydrogen (secondary N) is 2. The Balaban J connectivity index is 2.37. The van der Waals surface area contributed by atoms with Gasteiger partial charge in [0.1, 0.15) is 6.54 Å². The second kappa shape index (κ2) is 12.9. The molecular weight excluding hydrogens is 322 g/mol. The van der Waals surface area contributed by atoms with Crippen molar-refractivity contribution in [1.29, 1.82) is 0 Å². The molecular formula is C17H35N5O3. The quantitative estimate of drug-likeness (QED) is 0.302. The highest BCUT2D eigenvalue weighted by Crippen LogP contribution is 2.10. The van der Waals surface area contributed by atoms with E-state index in [0.717, 1.165) is 52.1 Å². The van der Waals surface area contributed by atoms with E-state index >= 15 is 0 Å². The monoisotopic (exact) mass is 357 g/mol. The van der Waals surface area contributed by atoms with Crippen LogP contribution in [0.25, 0.3) is 0 Å². The second-order valence-electron chi connectivity index (χ2n) is 6.55. The predicted octanol–water partition coefficient (Wildman–Crippen LogP) is -0.243. The number of aliphatic imine (C=N–C) groups is 1. The number of carbonyl (C=O) groups excluding carboxylic acids is 1. The zero-order chi connectivity index (χ0) is 18.5. The van der Waals surface area contributed by atoms with Crippen molar-refractivity contribution >= 4 is 11.9 Å². The van der Waals surface area contributed by atoms with Crippen LogP contribution in [0.4, 0.5) is 0 Å². The summed E-state index contributed by atoms with van der Waals surface area (Å²) in [5.74, 6) is 0.644. The number of carbonyl (C=O) groups is 1. The van der Waals surface area contributed by atoms with Gasteiger partial charge in [0.05, 0.1) is 6.10 Å². The van der Waals surface area contributed by atoms with E-state index in [2.05, 4.69) is 27.6 Å². The molecule has 25 heavy (non-hydrogen) atoms. The molecule has 1 saturated heterocycles. The Morgan fingerprint density at radius 3 is 2.72 bits per heavy atom. The van der Waals surface area contributed by atoms with Gasteiger partial charge in [0.2, 0.25) is 5.91 Å². The SMILES string of the molecule is COCCCN(C)CCNC(=NCC(=O)N(C)C)NCC1CCCO1. The predicted molar refractivity (Wildman–Crippen MR) is 100.0 cm³/mol. The molecule has 0 aromatic rings. The highest BCUT2D eigenvalue weighted by atomic mass is 16.5. The molecule has 1 amide bonds. The van der Waals surface area contributed by atoms with E-state index in [-0.39, 0.29) is 18.6 Å². The lowest BCUT2D eigenvalue weighted by Gasteiger charge is -2.19. The lowest BCUT2D eigenvalue weighted by Crippen LogP contribution is -2.44. The molecule has 8 heteroatoms. The molecule has 0 bridgehead atoms. The lowest BCUT2D eigenvalue weighted by atomic mass is 10.2. The second-order valence-corrected chi connectivity index (χ2v) is 6.55. The van der Waals surface area contributed by atoms with Crippen LogP contribution in [0.5, 0.6) is 0 Å². The van der Waals surface area contributed by atoms with Crippen LogP contribution in [0.1, 0.15) is 19.3 Å². The number of hydrogen-bond donors (Lipinski definition) is 2. The topological polar surface area (TPSA) is 78.4 Å². The fraction of sp³-hybridized carbons (Fsp3) is 0.882. The standard InChI is InChI=1S/C17H35N5O3/c1-21(2)16(23)14-20-17(19-13-15-7-5-12-25-15)18-8-10-22(3)9-6-11-24-4/h15H,5-14H2,1-4H3,(H2,18,19,20). The molecule has 0 aliphatic carbocycles. The summed E-state index contributed by atoms with van der Waals surface area (Å²) in [6, 6.07) is 0. The smallest absolute Gasteiger partial charge is 0.243 e. The Kier molecular flexibility index (Phi) is 11.2. The van der Waals surface area contributed by atoms with Crippen molar-refractivity contribution in [3.63, 3.8) is 0 Å². The molecule has 1 heterocycles. The number of likely N-dealkylation sites (N-methyl/N-ethyl adjacent to an activating group) is 2. The molecule has 8 nitrogen and oxygen atoms in total. The molecule has 1 aliphatic heterocycles. The Hall–Kier alpha value is -1.38. The molecule has 146 valence electrons. The first-order valence-electron chi connectivity index (χ1n) is 9.04. The van der Waals surface area contributed by atoms with E-state index < -0.39 is 0 Å². The first-order chi connectivity index (χ1) is 12.0. The summed E-state index contributed by atoms with van der Waals surface area (Å²) >= 11 is 0. The summed E-state index contributed by atoms with van der Waals surface area (Å²) in [5, 5.41) is 6.59. The van der Waals surface area contributed by atoms with Crippen LogP contribution in [-0.2, 0) is 14.3 Å². The lowest BCUT2D eigenvalue weighted by molar-refractivity contribution is -0.127. The third-order valence-electron chi connectivity index (χ3n) is 4.07. The first kappa shape index (κ1) is 21.7. The average molecular weight is 357 g/mol. The maximum absolute atomic E-state index is 11.8. The molecule has 0 aromatic heterocycles. The summed E-state index contributed by atoms with van der Waals surface area (Å²) < 4.78 is 10.7. The number of hydrogen-bond acceptors (Lipinski definition) is 5. The van der Waals surface area contributed by atoms with E-state index in [1.54, 1.807) is 26.1 Å². The molecule has 2 N–H and O–H groups in total. The summed E-state index contributed by atoms with van der Waals surface area (Å²) in [7, 11) is 7.28. The van der Waals surface area contributed by atoms with Gasteiger partial charge in [-0.2, -0.15) is 0 Å². The molecule has 0 aromatic carbocycles. The molecule has 1 fully saturated rings. The van der Waals surface area contributed by atoms with E-state index in [0.29, 0.717) is 12.5 Å². The summed E-state index contributed by atoms with van der Waals surface area (Å²) in [6.07, 6.45) is 3.42. The fourth-order valence-electron chi connectivity index (χ4n) is 2.43. The van der Waals surface area contributed by atoms with Crippen LogP contribution in [0.15, 0.2) is 4.99 Å². The average Bonchev–Trinajstić information content (AvgIpc) is 3.10. The minimum atomic E-state index is -0.0186. The third kappa shape index (κ3) is 10.3. The van der Waals surface area contributed by atoms with Gasteiger partial charge < -0.3 is 29.9 Å². The zero-order valence-electron chi connectivity index (χ0n) is 16.2. The number of rotatable bonds is 11. The van der Waals surface area contributed by atoms with Crippen molar-refractivity contribution in [2.75, 3.05) is 74.2 Å². The van der Waals surface area contributed by atoms with Crippen molar-refractivity contribution in [1.82, 2.24) is 20.4 Å². The molecule has 1 unspecified atom stereocenters. The number of amides is 1. The van der Waals surface area contributed by atoms with E-state index in [1.165, 1.54) is 0 Å². The van der Waals surface area contributed by atoms with Crippen LogP contribution in [-0.4, -0.2) is 102 Å². The first-order valence-corrected chi connectivity index (χ1v) is 9.04. The molecule has 1 atom stereocenters. The highest BCUT2D eigenvalue weighted by molar-refractivity contribution is 5.84. The minimum absolute atomic E-state index is 0.0186. The zero-order valence-corrected chi connectivity index (χ0v) is 16.2. The van der Waals surface area contributed by atoms with Crippen LogP contribution in [0.2, 0.25) is 0 Å². The van der Waals surface area contributed by atoms with Crippen LogP contribution < -0.4 is 10.6 Å². The van der Waals surface area contributed by atoms with Crippen LogP contribution in [0.3, 0.4) is 0 Å². The maximum atomic E-state index is 11.8. The van der Waals surface area contributed by atoms with Gasteiger partial charge in [-0.15, -0.1) is 0 Å². The fourth-order valence-corrected chi connectivity index (χ4v) is 2.43. The maximum Gasteiger partial charge on any atom is 0.243 e. The van der Waals surface area contributed by atoms with Gasteiger partial charge >= 0.3 is 0 Å². The van der Waals surface area contributed by atoms with Gasteiger partial charge in [0.15, 0.2) is 5.96 Å². The van der Waals surface area contributed by atoms with E-state index in [1.807, 2.05) is 0 Å². The summed E-state index contributed by atoms with van der Waals surface area (Å²) in [6.45, 7) is 5.11. The number of nitrogens with zero attached hydrogens (tertiary/aromatic N) is 3. The van der Waals surface area contributed by atoms with Crippen molar-refractivity contribution in [2.45, 2.75) is 25.4 Å². The Morgan fingerprint density at radius 2 is 2.08 bits per heavy atom. The van der Waals surface area contributed by atoms with Crippen molar-refractivity contribution in [3.8, 4) is 0 Å². The molecule has 1 aliphatic rings. The Labute approximate surface area is 151 Å². The van der Waals surface area contributed by atoms with Crippen LogP contribution in [0, 0.1) is 0 Å². The summed E-state index contributed by atoms with van der Waals surface area (Å²) in [4.78, 5) is 19.9. The van der Waals surface area contributed by atoms with Crippen molar-refractivity contribution in [2.24, 2.45) is 4.99 Å². The van der Waals surface area contributed by atoms with E-state index in [9.17, 15) is 4.79 Å².